The summed E-state index contributed by atoms with van der Waals surface area (Å²) in [5, 5.41) is 2.49. The lowest BCUT2D eigenvalue weighted by atomic mass is 9.82. The van der Waals surface area contributed by atoms with Gasteiger partial charge in [0, 0.05) is 23.7 Å². The summed E-state index contributed by atoms with van der Waals surface area (Å²) in [5.41, 5.74) is 14.3. The summed E-state index contributed by atoms with van der Waals surface area (Å²) in [6, 6.07) is 5.68. The van der Waals surface area contributed by atoms with Gasteiger partial charge in [0.2, 0.25) is 11.8 Å². The van der Waals surface area contributed by atoms with Gasteiger partial charge in [0.05, 0.1) is 0 Å². The van der Waals surface area contributed by atoms with Crippen molar-refractivity contribution < 1.29 is 9.59 Å². The molecule has 5 nitrogen and oxygen atoms in total. The molecule has 2 amide bonds. The van der Waals surface area contributed by atoms with Crippen LogP contribution >= 0.6 is 0 Å². The Balaban J connectivity index is 1.64. The van der Waals surface area contributed by atoms with Crippen LogP contribution < -0.4 is 16.8 Å². The van der Waals surface area contributed by atoms with E-state index in [9.17, 15) is 9.59 Å². The number of rotatable bonds is 18. The first-order valence-corrected chi connectivity index (χ1v) is 13.5. The van der Waals surface area contributed by atoms with Gasteiger partial charge in [-0.1, -0.05) is 90.4 Å². The zero-order chi connectivity index (χ0) is 23.9. The van der Waals surface area contributed by atoms with E-state index < -0.39 is 0 Å². The average Bonchev–Trinajstić information content (AvgIpc) is 3.10. The number of nitrogens with one attached hydrogen (secondary N) is 1. The van der Waals surface area contributed by atoms with Gasteiger partial charge in [-0.3, -0.25) is 14.9 Å². The first kappa shape index (κ1) is 27.2. The summed E-state index contributed by atoms with van der Waals surface area (Å²) in [4.78, 5) is 24.1. The second kappa shape index (κ2) is 15.7. The van der Waals surface area contributed by atoms with E-state index in [2.05, 4.69) is 12.2 Å². The fourth-order valence-corrected chi connectivity index (χ4v) is 5.17. The lowest BCUT2D eigenvalue weighted by Gasteiger charge is -2.21. The molecule has 1 saturated heterocycles. The van der Waals surface area contributed by atoms with E-state index in [0.717, 1.165) is 31.2 Å². The van der Waals surface area contributed by atoms with E-state index in [1.165, 1.54) is 77.0 Å². The average molecular weight is 458 g/mol. The lowest BCUT2D eigenvalue weighted by molar-refractivity contribution is -0.126. The Morgan fingerprint density at radius 3 is 1.79 bits per heavy atom. The largest absolute Gasteiger partial charge is 0.399 e. The van der Waals surface area contributed by atoms with Crippen LogP contribution in [0.1, 0.15) is 115 Å². The van der Waals surface area contributed by atoms with Crippen LogP contribution in [0.3, 0.4) is 0 Å². The van der Waals surface area contributed by atoms with Crippen molar-refractivity contribution in [3.8, 4) is 0 Å². The van der Waals surface area contributed by atoms with Crippen LogP contribution in [0.25, 0.3) is 0 Å². The molecule has 186 valence electrons. The number of hydrogen-bond donors (Lipinski definition) is 3. The monoisotopic (exact) mass is 457 g/mol. The highest BCUT2D eigenvalue weighted by atomic mass is 16.2. The van der Waals surface area contributed by atoms with Gasteiger partial charge in [-0.25, -0.2) is 0 Å². The van der Waals surface area contributed by atoms with Crippen LogP contribution in [0.4, 0.5) is 11.4 Å². The van der Waals surface area contributed by atoms with Crippen molar-refractivity contribution in [3.05, 3.63) is 23.8 Å². The molecule has 1 fully saturated rings. The van der Waals surface area contributed by atoms with Crippen molar-refractivity contribution >= 4 is 23.2 Å². The molecule has 0 saturated carbocycles. The highest BCUT2D eigenvalue weighted by molar-refractivity contribution is 6.03. The Kier molecular flexibility index (Phi) is 13.0. The number of unbranched alkanes of at least 4 members (excludes halogenated alkanes) is 12. The maximum Gasteiger partial charge on any atom is 0.230 e. The minimum absolute atomic E-state index is 0.0909. The van der Waals surface area contributed by atoms with Crippen molar-refractivity contribution in [1.82, 2.24) is 5.32 Å². The van der Waals surface area contributed by atoms with Crippen molar-refractivity contribution in [1.29, 1.82) is 0 Å². The minimum atomic E-state index is -0.187. The number of hydrogen-bond acceptors (Lipinski definition) is 4. The minimum Gasteiger partial charge on any atom is -0.399 e. The van der Waals surface area contributed by atoms with Gasteiger partial charge in [0.1, 0.15) is 0 Å². The van der Waals surface area contributed by atoms with E-state index in [4.69, 9.17) is 11.5 Å². The molecule has 1 aromatic rings. The predicted octanol–water partition coefficient (Wildman–Crippen LogP) is 6.54. The van der Waals surface area contributed by atoms with E-state index in [-0.39, 0.29) is 23.7 Å². The molecule has 0 bridgehead atoms. The zero-order valence-electron chi connectivity index (χ0n) is 20.9. The number of aryl methyl sites for hydroxylation is 1. The SMILES string of the molecule is CCCCCCCCCCCCCCCC(CCc1cc(N)cc(N)c1)C1CC(=O)NC1=O. The summed E-state index contributed by atoms with van der Waals surface area (Å²) in [6.45, 7) is 2.27. The molecule has 33 heavy (non-hydrogen) atoms. The van der Waals surface area contributed by atoms with Gasteiger partial charge in [-0.05, 0) is 48.9 Å². The second-order valence-electron chi connectivity index (χ2n) is 10.1. The molecule has 5 heteroatoms. The maximum absolute atomic E-state index is 12.3. The third-order valence-corrected chi connectivity index (χ3v) is 7.09. The van der Waals surface area contributed by atoms with E-state index in [1.54, 1.807) is 6.07 Å². The summed E-state index contributed by atoms with van der Waals surface area (Å²) in [7, 11) is 0. The van der Waals surface area contributed by atoms with Crippen LogP contribution in [-0.2, 0) is 16.0 Å². The molecular formula is C28H47N3O2. The number of nitrogen functional groups attached to an aromatic ring is 2. The molecule has 2 unspecified atom stereocenters. The molecule has 0 radical (unpaired) electrons. The van der Waals surface area contributed by atoms with Gasteiger partial charge in [-0.2, -0.15) is 0 Å². The number of amides is 2. The first-order valence-electron chi connectivity index (χ1n) is 13.5. The van der Waals surface area contributed by atoms with Crippen molar-refractivity contribution in [2.24, 2.45) is 11.8 Å². The summed E-state index contributed by atoms with van der Waals surface area (Å²) in [6.07, 6.45) is 20.4. The molecule has 0 aliphatic carbocycles. The number of benzene rings is 1. The molecule has 1 heterocycles. The van der Waals surface area contributed by atoms with Crippen molar-refractivity contribution in [2.45, 2.75) is 116 Å². The number of carbonyl (C=O) groups excluding carboxylic acids is 2. The van der Waals surface area contributed by atoms with Crippen LogP contribution in [0.15, 0.2) is 18.2 Å². The number of anilines is 2. The summed E-state index contributed by atoms with van der Waals surface area (Å²) < 4.78 is 0. The molecular weight excluding hydrogens is 410 g/mol. The molecule has 2 atom stereocenters. The topological polar surface area (TPSA) is 98.2 Å². The molecule has 0 spiro atoms. The summed E-state index contributed by atoms with van der Waals surface area (Å²) >= 11 is 0. The third kappa shape index (κ3) is 11.1. The van der Waals surface area contributed by atoms with Crippen LogP contribution in [-0.4, -0.2) is 11.8 Å². The predicted molar refractivity (Wildman–Crippen MR) is 139 cm³/mol. The molecule has 1 aromatic carbocycles. The van der Waals surface area contributed by atoms with Gasteiger partial charge in [0.25, 0.3) is 0 Å². The Hall–Kier alpha value is -2.04. The quantitative estimate of drug-likeness (QED) is 0.132. The normalized spacial score (nSPS) is 16.8. The molecule has 1 aliphatic rings. The fraction of sp³-hybridized carbons (Fsp3) is 0.714. The van der Waals surface area contributed by atoms with Gasteiger partial charge < -0.3 is 11.5 Å². The summed E-state index contributed by atoms with van der Waals surface area (Å²) in [5.74, 6) is -0.180. The van der Waals surface area contributed by atoms with E-state index >= 15 is 0 Å². The first-order chi connectivity index (χ1) is 16.0. The third-order valence-electron chi connectivity index (χ3n) is 7.09. The second-order valence-corrected chi connectivity index (χ2v) is 10.1. The fourth-order valence-electron chi connectivity index (χ4n) is 5.17. The Bertz CT molecular complexity index is 699. The van der Waals surface area contributed by atoms with Gasteiger partial charge >= 0.3 is 0 Å². The van der Waals surface area contributed by atoms with Crippen molar-refractivity contribution in [3.63, 3.8) is 0 Å². The smallest absolute Gasteiger partial charge is 0.230 e. The van der Waals surface area contributed by atoms with Crippen molar-refractivity contribution in [2.75, 3.05) is 11.5 Å². The highest BCUT2D eigenvalue weighted by Gasteiger charge is 2.36. The number of imide groups is 1. The van der Waals surface area contributed by atoms with E-state index in [0.29, 0.717) is 17.8 Å². The standard InChI is InChI=1S/C28H47N3O2/c1-2-3-4-5-6-7-8-9-10-11-12-13-14-15-23(26-21-27(32)31-28(26)33)17-16-22-18-24(29)20-25(30)19-22/h18-20,23,26H,2-17,21,29-30H2,1H3,(H,31,32,33). The number of carbonyl (C=O) groups is 2. The Morgan fingerprint density at radius 2 is 1.30 bits per heavy atom. The molecule has 2 rings (SSSR count). The Morgan fingerprint density at radius 1 is 0.788 bits per heavy atom. The van der Waals surface area contributed by atoms with Gasteiger partial charge in [-0.15, -0.1) is 0 Å². The zero-order valence-corrected chi connectivity index (χ0v) is 20.9. The highest BCUT2D eigenvalue weighted by Crippen LogP contribution is 2.31. The number of nitrogens with two attached hydrogens (primary N) is 2. The van der Waals surface area contributed by atoms with Crippen LogP contribution in [0.2, 0.25) is 0 Å². The maximum atomic E-state index is 12.3. The van der Waals surface area contributed by atoms with E-state index in [1.807, 2.05) is 12.1 Å². The lowest BCUT2D eigenvalue weighted by Crippen LogP contribution is -2.26. The molecule has 1 aliphatic heterocycles. The van der Waals surface area contributed by atoms with Crippen LogP contribution in [0, 0.1) is 11.8 Å². The molecule has 0 aromatic heterocycles. The Labute approximate surface area is 201 Å². The molecule has 5 N–H and O–H groups in total. The van der Waals surface area contributed by atoms with Gasteiger partial charge in [0.15, 0.2) is 0 Å². The van der Waals surface area contributed by atoms with Crippen LogP contribution in [0.5, 0.6) is 0 Å².